The second-order valence-electron chi connectivity index (χ2n) is 3.54. The standard InChI is InChI=1S/C7H5ClO2.C7H7NO/c8-6-3-1-5(2-4-6)7(9)10;8-7(9)6-4-2-1-3-5-6/h1-4H,(H,9,10);1-5H,(H2,8,9). The van der Waals surface area contributed by atoms with Crippen LogP contribution in [0.3, 0.4) is 0 Å². The third-order valence-electron chi connectivity index (χ3n) is 2.15. The number of primary amides is 1. The molecule has 0 aliphatic rings. The second-order valence-corrected chi connectivity index (χ2v) is 3.98. The van der Waals surface area contributed by atoms with Crippen LogP contribution in [0.15, 0.2) is 54.6 Å². The van der Waals surface area contributed by atoms with Gasteiger partial charge in [-0.1, -0.05) is 29.8 Å². The van der Waals surface area contributed by atoms with Crippen molar-refractivity contribution >= 4 is 23.5 Å². The van der Waals surface area contributed by atoms with E-state index in [9.17, 15) is 9.59 Å². The van der Waals surface area contributed by atoms with Crippen molar-refractivity contribution in [2.24, 2.45) is 5.73 Å². The van der Waals surface area contributed by atoms with Crippen LogP contribution in [0.4, 0.5) is 0 Å². The first kappa shape index (κ1) is 14.7. The maximum Gasteiger partial charge on any atom is 0.335 e. The molecule has 2 aromatic carbocycles. The molecule has 0 fully saturated rings. The van der Waals surface area contributed by atoms with Crippen molar-refractivity contribution in [1.82, 2.24) is 0 Å². The van der Waals surface area contributed by atoms with Gasteiger partial charge in [-0.2, -0.15) is 0 Å². The van der Waals surface area contributed by atoms with Crippen LogP contribution in [0.2, 0.25) is 5.02 Å². The molecule has 0 atom stereocenters. The molecule has 0 radical (unpaired) electrons. The lowest BCUT2D eigenvalue weighted by molar-refractivity contribution is 0.0696. The van der Waals surface area contributed by atoms with E-state index in [2.05, 4.69) is 0 Å². The number of benzene rings is 2. The van der Waals surface area contributed by atoms with Crippen LogP contribution in [-0.2, 0) is 0 Å². The molecule has 98 valence electrons. The van der Waals surface area contributed by atoms with Crippen LogP contribution in [0.1, 0.15) is 20.7 Å². The van der Waals surface area contributed by atoms with E-state index in [1.807, 2.05) is 6.07 Å². The first-order valence-electron chi connectivity index (χ1n) is 5.34. The highest BCUT2D eigenvalue weighted by molar-refractivity contribution is 6.30. The van der Waals surface area contributed by atoms with E-state index in [0.717, 1.165) is 0 Å². The summed E-state index contributed by atoms with van der Waals surface area (Å²) >= 11 is 5.52. The SMILES string of the molecule is NC(=O)c1ccccc1.O=C(O)c1ccc(Cl)cc1. The molecule has 0 unspecified atom stereocenters. The van der Waals surface area contributed by atoms with Gasteiger partial charge >= 0.3 is 5.97 Å². The smallest absolute Gasteiger partial charge is 0.335 e. The van der Waals surface area contributed by atoms with Gasteiger partial charge in [-0.15, -0.1) is 0 Å². The number of carbonyl (C=O) groups excluding carboxylic acids is 1. The highest BCUT2D eigenvalue weighted by Gasteiger charge is 1.99. The summed E-state index contributed by atoms with van der Waals surface area (Å²) in [6.07, 6.45) is 0. The number of hydrogen-bond acceptors (Lipinski definition) is 2. The number of aromatic carboxylic acids is 1. The summed E-state index contributed by atoms with van der Waals surface area (Å²) < 4.78 is 0. The number of carbonyl (C=O) groups is 2. The monoisotopic (exact) mass is 277 g/mol. The molecule has 5 heteroatoms. The van der Waals surface area contributed by atoms with Crippen molar-refractivity contribution in [2.45, 2.75) is 0 Å². The first-order valence-corrected chi connectivity index (χ1v) is 5.72. The molecule has 1 amide bonds. The molecule has 2 rings (SSSR count). The third-order valence-corrected chi connectivity index (χ3v) is 2.40. The van der Waals surface area contributed by atoms with Gasteiger partial charge in [0.05, 0.1) is 5.56 Å². The predicted molar refractivity (Wildman–Crippen MR) is 73.4 cm³/mol. The van der Waals surface area contributed by atoms with Gasteiger partial charge in [0.1, 0.15) is 0 Å². The van der Waals surface area contributed by atoms with Crippen LogP contribution in [0.25, 0.3) is 0 Å². The third kappa shape index (κ3) is 5.23. The van der Waals surface area contributed by atoms with Gasteiger partial charge in [0.25, 0.3) is 0 Å². The topological polar surface area (TPSA) is 80.4 Å². The molecule has 0 aromatic heterocycles. The molecule has 0 heterocycles. The van der Waals surface area contributed by atoms with Gasteiger partial charge in [0.2, 0.25) is 5.91 Å². The zero-order valence-electron chi connectivity index (χ0n) is 9.92. The Morgan fingerprint density at radius 1 is 0.895 bits per heavy atom. The minimum absolute atomic E-state index is 0.254. The lowest BCUT2D eigenvalue weighted by Gasteiger charge is -1.91. The van der Waals surface area contributed by atoms with Gasteiger partial charge in [-0.05, 0) is 36.4 Å². The van der Waals surface area contributed by atoms with Crippen molar-refractivity contribution in [3.05, 3.63) is 70.7 Å². The van der Waals surface area contributed by atoms with E-state index in [1.54, 1.807) is 36.4 Å². The maximum atomic E-state index is 10.4. The normalized spacial score (nSPS) is 9.11. The van der Waals surface area contributed by atoms with E-state index in [-0.39, 0.29) is 11.5 Å². The van der Waals surface area contributed by atoms with E-state index < -0.39 is 5.97 Å². The Morgan fingerprint density at radius 2 is 1.42 bits per heavy atom. The number of carboxylic acid groups (broad SMARTS) is 1. The lowest BCUT2D eigenvalue weighted by atomic mass is 10.2. The fourth-order valence-corrected chi connectivity index (χ4v) is 1.32. The molecule has 4 nitrogen and oxygen atoms in total. The number of carboxylic acids is 1. The van der Waals surface area contributed by atoms with Gasteiger partial charge in [0.15, 0.2) is 0 Å². The minimum atomic E-state index is -0.934. The summed E-state index contributed by atoms with van der Waals surface area (Å²) in [5.41, 5.74) is 5.78. The summed E-state index contributed by atoms with van der Waals surface area (Å²) in [5.74, 6) is -1.31. The molecule has 19 heavy (non-hydrogen) atoms. The zero-order chi connectivity index (χ0) is 14.3. The molecule has 0 aliphatic carbocycles. The molecule has 0 saturated carbocycles. The summed E-state index contributed by atoms with van der Waals surface area (Å²) in [6.45, 7) is 0. The highest BCUT2D eigenvalue weighted by Crippen LogP contribution is 2.08. The van der Waals surface area contributed by atoms with Crippen LogP contribution in [0, 0.1) is 0 Å². The molecular formula is C14H12ClNO3. The maximum absolute atomic E-state index is 10.4. The predicted octanol–water partition coefficient (Wildman–Crippen LogP) is 2.82. The Bertz CT molecular complexity index is 553. The van der Waals surface area contributed by atoms with Crippen LogP contribution in [0.5, 0.6) is 0 Å². The van der Waals surface area contributed by atoms with Crippen molar-refractivity contribution < 1.29 is 14.7 Å². The molecule has 0 saturated heterocycles. The largest absolute Gasteiger partial charge is 0.478 e. The minimum Gasteiger partial charge on any atom is -0.478 e. The zero-order valence-corrected chi connectivity index (χ0v) is 10.7. The van der Waals surface area contributed by atoms with Crippen molar-refractivity contribution in [3.8, 4) is 0 Å². The van der Waals surface area contributed by atoms with Crippen molar-refractivity contribution in [1.29, 1.82) is 0 Å². The van der Waals surface area contributed by atoms with Gasteiger partial charge in [-0.25, -0.2) is 4.79 Å². The number of hydrogen-bond donors (Lipinski definition) is 2. The number of amides is 1. The molecule has 2 aromatic rings. The Balaban J connectivity index is 0.000000191. The first-order chi connectivity index (χ1) is 9.00. The van der Waals surface area contributed by atoms with E-state index in [4.69, 9.17) is 22.4 Å². The molecule has 0 spiro atoms. The molecular weight excluding hydrogens is 266 g/mol. The van der Waals surface area contributed by atoms with Gasteiger partial charge < -0.3 is 10.8 Å². The number of halogens is 1. The lowest BCUT2D eigenvalue weighted by Crippen LogP contribution is -2.09. The second kappa shape index (κ2) is 7.18. The van der Waals surface area contributed by atoms with Crippen molar-refractivity contribution in [2.75, 3.05) is 0 Å². The van der Waals surface area contributed by atoms with E-state index >= 15 is 0 Å². The Kier molecular flexibility index (Phi) is 5.57. The average molecular weight is 278 g/mol. The fourth-order valence-electron chi connectivity index (χ4n) is 1.19. The van der Waals surface area contributed by atoms with E-state index in [0.29, 0.717) is 10.6 Å². The molecule has 3 N–H and O–H groups in total. The summed E-state index contributed by atoms with van der Waals surface area (Å²) in [4.78, 5) is 20.7. The van der Waals surface area contributed by atoms with Crippen LogP contribution < -0.4 is 5.73 Å². The highest BCUT2D eigenvalue weighted by atomic mass is 35.5. The quantitative estimate of drug-likeness (QED) is 0.886. The summed E-state index contributed by atoms with van der Waals surface area (Å²) in [6, 6.07) is 14.8. The fraction of sp³-hybridized carbons (Fsp3) is 0. The molecule has 0 bridgehead atoms. The van der Waals surface area contributed by atoms with Gasteiger partial charge in [0, 0.05) is 10.6 Å². The average Bonchev–Trinajstić information content (AvgIpc) is 2.41. The van der Waals surface area contributed by atoms with Gasteiger partial charge in [-0.3, -0.25) is 4.79 Å². The summed E-state index contributed by atoms with van der Waals surface area (Å²) in [7, 11) is 0. The Hall–Kier alpha value is -2.33. The number of rotatable bonds is 2. The molecule has 0 aliphatic heterocycles. The van der Waals surface area contributed by atoms with Crippen molar-refractivity contribution in [3.63, 3.8) is 0 Å². The number of nitrogens with two attached hydrogens (primary N) is 1. The Morgan fingerprint density at radius 3 is 1.79 bits per heavy atom. The van der Waals surface area contributed by atoms with Crippen LogP contribution in [-0.4, -0.2) is 17.0 Å². The van der Waals surface area contributed by atoms with Crippen LogP contribution >= 0.6 is 11.6 Å². The summed E-state index contributed by atoms with van der Waals surface area (Å²) in [5, 5.41) is 8.98. The van der Waals surface area contributed by atoms with E-state index in [1.165, 1.54) is 12.1 Å². The Labute approximate surface area is 115 Å².